The van der Waals surface area contributed by atoms with Crippen LogP contribution < -0.4 is 10.6 Å². The Morgan fingerprint density at radius 2 is 1.81 bits per heavy atom. The molecule has 2 aromatic rings. The van der Waals surface area contributed by atoms with Gasteiger partial charge in [0.1, 0.15) is 0 Å². The molecule has 168 valence electrons. The summed E-state index contributed by atoms with van der Waals surface area (Å²) in [6.07, 6.45) is 1.65. The van der Waals surface area contributed by atoms with Crippen molar-refractivity contribution >= 4 is 35.8 Å². The predicted octanol–water partition coefficient (Wildman–Crippen LogP) is 4.46. The normalized spacial score (nSPS) is 14.4. The van der Waals surface area contributed by atoms with Gasteiger partial charge in [-0.05, 0) is 30.0 Å². The first-order valence-corrected chi connectivity index (χ1v) is 10.9. The Bertz CT molecular complexity index is 867. The number of hydrogen-bond acceptors (Lipinski definition) is 2. The van der Waals surface area contributed by atoms with E-state index in [-0.39, 0.29) is 35.3 Å². The van der Waals surface area contributed by atoms with E-state index in [1.807, 2.05) is 11.0 Å². The molecule has 1 saturated heterocycles. The van der Waals surface area contributed by atoms with E-state index in [1.165, 1.54) is 11.1 Å². The highest BCUT2D eigenvalue weighted by Crippen LogP contribution is 2.21. The Morgan fingerprint density at radius 1 is 1.06 bits per heavy atom. The molecule has 0 saturated carbocycles. The van der Waals surface area contributed by atoms with Crippen molar-refractivity contribution in [2.24, 2.45) is 4.99 Å². The average Bonchev–Trinajstić information content (AvgIpc) is 3.15. The molecule has 0 unspecified atom stereocenters. The third-order valence-electron chi connectivity index (χ3n) is 5.55. The quantitative estimate of drug-likeness (QED) is 0.299. The summed E-state index contributed by atoms with van der Waals surface area (Å²) in [5, 5.41) is 6.84. The van der Waals surface area contributed by atoms with Crippen LogP contribution in [0.15, 0.2) is 59.6 Å². The molecular formula is C25H35IN4O. The summed E-state index contributed by atoms with van der Waals surface area (Å²) in [5.41, 5.74) is 3.62. The Balaban J connectivity index is 0.00000341. The third-order valence-corrected chi connectivity index (χ3v) is 5.55. The van der Waals surface area contributed by atoms with E-state index in [0.29, 0.717) is 19.5 Å². The lowest BCUT2D eigenvalue weighted by Crippen LogP contribution is -2.43. The fraction of sp³-hybridized carbons (Fsp3) is 0.440. The van der Waals surface area contributed by atoms with Crippen LogP contribution >= 0.6 is 24.0 Å². The number of likely N-dealkylation sites (tertiary alicyclic amines) is 1. The van der Waals surface area contributed by atoms with Gasteiger partial charge in [0.2, 0.25) is 5.91 Å². The third kappa shape index (κ3) is 7.52. The van der Waals surface area contributed by atoms with Crippen LogP contribution in [0.1, 0.15) is 50.3 Å². The summed E-state index contributed by atoms with van der Waals surface area (Å²) < 4.78 is 0. The van der Waals surface area contributed by atoms with Gasteiger partial charge < -0.3 is 15.5 Å². The first kappa shape index (κ1) is 25.2. The van der Waals surface area contributed by atoms with Crippen LogP contribution in [-0.4, -0.2) is 36.4 Å². The second-order valence-electron chi connectivity index (χ2n) is 8.54. The van der Waals surface area contributed by atoms with Gasteiger partial charge >= 0.3 is 0 Å². The molecule has 0 bridgehead atoms. The van der Waals surface area contributed by atoms with Crippen molar-refractivity contribution in [3.05, 3.63) is 71.3 Å². The SMILES string of the molecule is CCNC(=NCc1cccc(CN2CCCC2=O)c1)NCC(C)(C)c1ccccc1.I. The van der Waals surface area contributed by atoms with Crippen molar-refractivity contribution in [2.45, 2.75) is 52.1 Å². The minimum atomic E-state index is -0.000363. The molecule has 0 aliphatic carbocycles. The van der Waals surface area contributed by atoms with Crippen LogP contribution in [0.5, 0.6) is 0 Å². The molecule has 0 atom stereocenters. The molecule has 1 aliphatic heterocycles. The zero-order valence-electron chi connectivity index (χ0n) is 18.9. The number of hydrogen-bond donors (Lipinski definition) is 2. The maximum Gasteiger partial charge on any atom is 0.222 e. The molecular weight excluding hydrogens is 499 g/mol. The molecule has 0 radical (unpaired) electrons. The van der Waals surface area contributed by atoms with E-state index in [1.54, 1.807) is 0 Å². The highest BCUT2D eigenvalue weighted by molar-refractivity contribution is 14.0. The van der Waals surface area contributed by atoms with E-state index in [0.717, 1.165) is 37.6 Å². The number of amides is 1. The van der Waals surface area contributed by atoms with Gasteiger partial charge in [-0.1, -0.05) is 68.4 Å². The molecule has 0 spiro atoms. The van der Waals surface area contributed by atoms with Crippen LogP contribution in [0, 0.1) is 0 Å². The number of halogens is 1. The van der Waals surface area contributed by atoms with Gasteiger partial charge in [-0.2, -0.15) is 0 Å². The van der Waals surface area contributed by atoms with Crippen molar-refractivity contribution in [2.75, 3.05) is 19.6 Å². The number of rotatable bonds is 8. The second-order valence-corrected chi connectivity index (χ2v) is 8.54. The van der Waals surface area contributed by atoms with E-state index < -0.39 is 0 Å². The van der Waals surface area contributed by atoms with E-state index in [9.17, 15) is 4.79 Å². The average molecular weight is 534 g/mol. The zero-order chi connectivity index (χ0) is 21.4. The molecule has 1 fully saturated rings. The first-order valence-electron chi connectivity index (χ1n) is 10.9. The maximum absolute atomic E-state index is 11.9. The molecule has 1 amide bonds. The van der Waals surface area contributed by atoms with Gasteiger partial charge in [-0.15, -0.1) is 24.0 Å². The molecule has 31 heavy (non-hydrogen) atoms. The smallest absolute Gasteiger partial charge is 0.222 e. The van der Waals surface area contributed by atoms with Gasteiger partial charge in [0, 0.05) is 38.0 Å². The van der Waals surface area contributed by atoms with Crippen molar-refractivity contribution < 1.29 is 4.79 Å². The van der Waals surface area contributed by atoms with Gasteiger partial charge in [0.15, 0.2) is 5.96 Å². The number of aliphatic imine (C=N–C) groups is 1. The van der Waals surface area contributed by atoms with Crippen molar-refractivity contribution in [1.29, 1.82) is 0 Å². The van der Waals surface area contributed by atoms with Crippen molar-refractivity contribution in [3.8, 4) is 0 Å². The molecule has 2 N–H and O–H groups in total. The highest BCUT2D eigenvalue weighted by Gasteiger charge is 2.21. The highest BCUT2D eigenvalue weighted by atomic mass is 127. The molecule has 0 aromatic heterocycles. The number of nitrogens with one attached hydrogen (secondary N) is 2. The summed E-state index contributed by atoms with van der Waals surface area (Å²) in [4.78, 5) is 18.6. The standard InChI is InChI=1S/C25H34N4O.HI/c1-4-26-24(28-19-25(2,3)22-12-6-5-7-13-22)27-17-20-10-8-11-21(16-20)18-29-15-9-14-23(29)30;/h5-8,10-13,16H,4,9,14-15,17-19H2,1-3H3,(H2,26,27,28);1H. The predicted molar refractivity (Wildman–Crippen MR) is 139 cm³/mol. The fourth-order valence-electron chi connectivity index (χ4n) is 3.73. The van der Waals surface area contributed by atoms with E-state index in [2.05, 4.69) is 79.9 Å². The Kier molecular flexibility index (Phi) is 9.81. The minimum absolute atomic E-state index is 0. The lowest BCUT2D eigenvalue weighted by atomic mass is 9.85. The Labute approximate surface area is 203 Å². The first-order chi connectivity index (χ1) is 14.5. The lowest BCUT2D eigenvalue weighted by molar-refractivity contribution is -0.128. The van der Waals surface area contributed by atoms with Crippen molar-refractivity contribution in [1.82, 2.24) is 15.5 Å². The van der Waals surface area contributed by atoms with Crippen LogP contribution in [0.3, 0.4) is 0 Å². The van der Waals surface area contributed by atoms with Crippen LogP contribution in [0.4, 0.5) is 0 Å². The lowest BCUT2D eigenvalue weighted by Gasteiger charge is -2.26. The number of guanidine groups is 1. The second kappa shape index (κ2) is 12.1. The van der Waals surface area contributed by atoms with Gasteiger partial charge in [-0.3, -0.25) is 4.79 Å². The summed E-state index contributed by atoms with van der Waals surface area (Å²) in [7, 11) is 0. The monoisotopic (exact) mass is 534 g/mol. The fourth-order valence-corrected chi connectivity index (χ4v) is 3.73. The summed E-state index contributed by atoms with van der Waals surface area (Å²) >= 11 is 0. The molecule has 1 heterocycles. The van der Waals surface area contributed by atoms with Gasteiger partial charge in [0.05, 0.1) is 6.54 Å². The molecule has 1 aliphatic rings. The van der Waals surface area contributed by atoms with Crippen molar-refractivity contribution in [3.63, 3.8) is 0 Å². The van der Waals surface area contributed by atoms with Gasteiger partial charge in [0.25, 0.3) is 0 Å². The number of carbonyl (C=O) groups is 1. The number of carbonyl (C=O) groups excluding carboxylic acids is 1. The summed E-state index contributed by atoms with van der Waals surface area (Å²) in [6, 6.07) is 18.9. The topological polar surface area (TPSA) is 56.7 Å². The molecule has 2 aromatic carbocycles. The van der Waals surface area contributed by atoms with Crippen LogP contribution in [0.25, 0.3) is 0 Å². The molecule has 3 rings (SSSR count). The van der Waals surface area contributed by atoms with Crippen LogP contribution in [-0.2, 0) is 23.3 Å². The van der Waals surface area contributed by atoms with E-state index >= 15 is 0 Å². The van der Waals surface area contributed by atoms with Gasteiger partial charge in [-0.25, -0.2) is 4.99 Å². The number of nitrogens with zero attached hydrogens (tertiary/aromatic N) is 2. The maximum atomic E-state index is 11.9. The van der Waals surface area contributed by atoms with E-state index in [4.69, 9.17) is 4.99 Å². The Hall–Kier alpha value is -2.09. The van der Waals surface area contributed by atoms with Crippen LogP contribution in [0.2, 0.25) is 0 Å². The summed E-state index contributed by atoms with van der Waals surface area (Å²) in [5.74, 6) is 1.08. The Morgan fingerprint density at radius 3 is 2.48 bits per heavy atom. The minimum Gasteiger partial charge on any atom is -0.357 e. The summed E-state index contributed by atoms with van der Waals surface area (Å²) in [6.45, 7) is 10.3. The number of benzene rings is 2. The largest absolute Gasteiger partial charge is 0.357 e. The molecule has 6 heteroatoms. The zero-order valence-corrected chi connectivity index (χ0v) is 21.2. The molecule has 5 nitrogen and oxygen atoms in total.